The second-order valence-electron chi connectivity index (χ2n) is 29.6. The van der Waals surface area contributed by atoms with Gasteiger partial charge in [-0.3, -0.25) is 9.13 Å². The van der Waals surface area contributed by atoms with Crippen molar-refractivity contribution >= 4 is 152 Å². The van der Waals surface area contributed by atoms with Gasteiger partial charge in [-0.1, -0.05) is 273 Å². The number of benzene rings is 18. The van der Waals surface area contributed by atoms with Crippen LogP contribution in [0, 0.1) is 0 Å². The average molecular weight is 1420 g/mol. The highest BCUT2D eigenvalue weighted by atomic mass is 15.1. The van der Waals surface area contributed by atoms with Crippen LogP contribution < -0.4 is 0 Å². The Labute approximate surface area is 641 Å². The Balaban J connectivity index is 0.679. The third-order valence-electron chi connectivity index (χ3n) is 23.5. The van der Waals surface area contributed by atoms with Gasteiger partial charge < -0.3 is 9.13 Å². The maximum atomic E-state index is 5.85. The van der Waals surface area contributed by atoms with E-state index in [0.717, 1.165) is 150 Å². The van der Waals surface area contributed by atoms with E-state index in [1.807, 2.05) is 12.1 Å². The quantitative estimate of drug-likeness (QED) is 0.144. The molecule has 8 nitrogen and oxygen atoms in total. The molecule has 0 spiro atoms. The molecule has 0 aliphatic carbocycles. The third-order valence-corrected chi connectivity index (χ3v) is 23.5. The summed E-state index contributed by atoms with van der Waals surface area (Å²) in [7, 11) is 0. The molecular formula is C104H62N8. The summed E-state index contributed by atoms with van der Waals surface area (Å²) in [5.41, 5.74) is 24.4. The summed E-state index contributed by atoms with van der Waals surface area (Å²) in [4.78, 5) is 22.8. The van der Waals surface area contributed by atoms with Gasteiger partial charge in [-0.15, -0.1) is 0 Å². The summed E-state index contributed by atoms with van der Waals surface area (Å²) in [6, 6.07) is 137. The third kappa shape index (κ3) is 9.42. The van der Waals surface area contributed by atoms with Crippen LogP contribution in [0.25, 0.3) is 231 Å². The largest absolute Gasteiger partial charge is 0.309 e. The molecule has 6 heterocycles. The second-order valence-corrected chi connectivity index (χ2v) is 29.6. The molecule has 0 atom stereocenters. The van der Waals surface area contributed by atoms with Crippen LogP contribution in [0.4, 0.5) is 0 Å². The zero-order chi connectivity index (χ0) is 73.2. The Morgan fingerprint density at radius 2 is 0.545 bits per heavy atom. The summed E-state index contributed by atoms with van der Waals surface area (Å²) < 4.78 is 9.59. The molecular weight excluding hydrogens is 1360 g/mol. The van der Waals surface area contributed by atoms with Crippen molar-refractivity contribution in [2.45, 2.75) is 0 Å². The van der Waals surface area contributed by atoms with Crippen molar-refractivity contribution in [1.82, 2.24) is 38.2 Å². The lowest BCUT2D eigenvalue weighted by Crippen LogP contribution is -2.04. The molecule has 0 bridgehead atoms. The van der Waals surface area contributed by atoms with E-state index in [1.165, 1.54) is 81.2 Å². The Kier molecular flexibility index (Phi) is 13.4. The molecule has 0 saturated heterocycles. The van der Waals surface area contributed by atoms with E-state index in [9.17, 15) is 0 Å². The summed E-state index contributed by atoms with van der Waals surface area (Å²) in [6.07, 6.45) is 0. The highest BCUT2D eigenvalue weighted by Gasteiger charge is 2.26. The van der Waals surface area contributed by atoms with E-state index >= 15 is 0 Å². The number of rotatable bonds is 9. The van der Waals surface area contributed by atoms with Crippen molar-refractivity contribution in [2.75, 3.05) is 0 Å². The summed E-state index contributed by atoms with van der Waals surface area (Å²) in [5.74, 6) is 1.52. The number of aromatic nitrogens is 8. The smallest absolute Gasteiger partial charge is 0.165 e. The highest BCUT2D eigenvalue weighted by Crippen LogP contribution is 2.46. The Morgan fingerprint density at radius 1 is 0.170 bits per heavy atom. The number of para-hydroxylation sites is 5. The van der Waals surface area contributed by atoms with Crippen LogP contribution in [-0.2, 0) is 0 Å². The lowest BCUT2D eigenvalue weighted by atomic mass is 9.97. The summed E-state index contributed by atoms with van der Waals surface area (Å²) >= 11 is 0. The first-order valence-electron chi connectivity index (χ1n) is 38.2. The SMILES string of the molecule is c1ccc2cc(-c3ccc(-c4nc5cc(-c6ccc7c8ccccc8n(-c8ccc9c(c8)c8c%10ccccc%10ccc8n9-c8nc9ccccc9nc8-c8ccc(-c9cccc%10ccccc9%10)cc8)c7c6)ccc5nc4-n4c5ccc(-n6c7ccccc7c7ccccc76)cc5c5c6ccccc6ccc54)cc3)ccc2c1. The minimum Gasteiger partial charge on any atom is -0.309 e. The molecule has 0 N–H and O–H groups in total. The van der Waals surface area contributed by atoms with Gasteiger partial charge in [-0.05, 0) is 180 Å². The zero-order valence-corrected chi connectivity index (χ0v) is 60.4. The molecule has 24 rings (SSSR count). The van der Waals surface area contributed by atoms with Gasteiger partial charge in [-0.25, -0.2) is 19.9 Å². The van der Waals surface area contributed by atoms with Crippen LogP contribution in [0.5, 0.6) is 0 Å². The molecule has 0 aliphatic heterocycles. The summed E-state index contributed by atoms with van der Waals surface area (Å²) in [5, 5.41) is 18.9. The predicted molar refractivity (Wildman–Crippen MR) is 467 cm³/mol. The van der Waals surface area contributed by atoms with Crippen molar-refractivity contribution in [3.63, 3.8) is 0 Å². The average Bonchev–Trinajstić information content (AvgIpc) is 1.56. The number of fused-ring (bicyclic) bond motifs is 20. The standard InChI is InChI=1S/C104H62N8/c1-2-22-71-58-72(45-38-63(71)18-1)64-36-41-69(42-37-64)102-104(112-94-56-50-75(61-85(94)99-79-25-7-4-20-66(79)49-55-97(99)112)109-91-33-14-9-27-81(91)82-28-10-15-34-92(82)109)108-89-53-47-73(59-90(89)106-102)74-46-52-84-83-29-11-16-35-93(83)110(98(84)60-74)76-51-57-95-86(62-76)100-80-26-8-5-21-67(80)48-54-96(100)111(95)103-101(105-87-31-12-13-32-88(87)107-103)70-43-39-68(40-44-70)78-30-17-23-65-19-3-6-24-77(65)78/h1-62H. The summed E-state index contributed by atoms with van der Waals surface area (Å²) in [6.45, 7) is 0. The molecule has 518 valence electrons. The molecule has 0 aliphatic rings. The van der Waals surface area contributed by atoms with Gasteiger partial charge in [0, 0.05) is 65.6 Å². The first-order valence-corrected chi connectivity index (χ1v) is 38.2. The Hall–Kier alpha value is -15.1. The zero-order valence-electron chi connectivity index (χ0n) is 60.4. The van der Waals surface area contributed by atoms with Gasteiger partial charge in [0.2, 0.25) is 0 Å². The van der Waals surface area contributed by atoms with E-state index in [2.05, 4.69) is 382 Å². The molecule has 6 aromatic heterocycles. The van der Waals surface area contributed by atoms with E-state index in [0.29, 0.717) is 0 Å². The first kappa shape index (κ1) is 62.0. The molecule has 112 heavy (non-hydrogen) atoms. The topological polar surface area (TPSA) is 71.3 Å². The van der Waals surface area contributed by atoms with Crippen molar-refractivity contribution in [2.24, 2.45) is 0 Å². The lowest BCUT2D eigenvalue weighted by molar-refractivity contribution is 1.08. The number of hydrogen-bond donors (Lipinski definition) is 0. The van der Waals surface area contributed by atoms with Crippen LogP contribution in [0.1, 0.15) is 0 Å². The molecule has 0 saturated carbocycles. The lowest BCUT2D eigenvalue weighted by Gasteiger charge is -2.15. The first-order chi connectivity index (χ1) is 55.5. The fraction of sp³-hybridized carbons (Fsp3) is 0. The van der Waals surface area contributed by atoms with Gasteiger partial charge in [0.15, 0.2) is 11.6 Å². The normalized spacial score (nSPS) is 12.1. The minimum atomic E-state index is 0.756. The number of nitrogens with zero attached hydrogens (tertiary/aromatic N) is 8. The molecule has 0 amide bonds. The van der Waals surface area contributed by atoms with Crippen LogP contribution in [0.15, 0.2) is 376 Å². The Bertz CT molecular complexity index is 8080. The molecule has 0 radical (unpaired) electrons. The highest BCUT2D eigenvalue weighted by molar-refractivity contribution is 6.24. The van der Waals surface area contributed by atoms with Crippen LogP contribution in [-0.4, -0.2) is 38.2 Å². The van der Waals surface area contributed by atoms with Gasteiger partial charge in [0.25, 0.3) is 0 Å². The monoisotopic (exact) mass is 1420 g/mol. The minimum absolute atomic E-state index is 0.756. The van der Waals surface area contributed by atoms with Gasteiger partial charge in [-0.2, -0.15) is 0 Å². The van der Waals surface area contributed by atoms with E-state index in [4.69, 9.17) is 19.9 Å². The van der Waals surface area contributed by atoms with Crippen LogP contribution in [0.3, 0.4) is 0 Å². The van der Waals surface area contributed by atoms with Crippen molar-refractivity contribution in [3.05, 3.63) is 376 Å². The van der Waals surface area contributed by atoms with Gasteiger partial charge >= 0.3 is 0 Å². The maximum Gasteiger partial charge on any atom is 0.165 e. The van der Waals surface area contributed by atoms with Gasteiger partial charge in [0.05, 0.1) is 66.2 Å². The van der Waals surface area contributed by atoms with Crippen molar-refractivity contribution < 1.29 is 0 Å². The fourth-order valence-electron chi connectivity index (χ4n) is 18.3. The van der Waals surface area contributed by atoms with Crippen molar-refractivity contribution in [3.8, 4) is 78.9 Å². The van der Waals surface area contributed by atoms with E-state index in [1.54, 1.807) is 0 Å². The predicted octanol–water partition coefficient (Wildman–Crippen LogP) is 26.9. The molecule has 0 unspecified atom stereocenters. The molecule has 18 aromatic carbocycles. The van der Waals surface area contributed by atoms with Gasteiger partial charge in [0.1, 0.15) is 11.4 Å². The second kappa shape index (κ2) is 24.2. The van der Waals surface area contributed by atoms with Crippen LogP contribution in [0.2, 0.25) is 0 Å². The maximum absolute atomic E-state index is 5.85. The number of hydrogen-bond acceptors (Lipinski definition) is 4. The van der Waals surface area contributed by atoms with Crippen molar-refractivity contribution in [1.29, 1.82) is 0 Å². The van der Waals surface area contributed by atoms with E-state index < -0.39 is 0 Å². The Morgan fingerprint density at radius 3 is 1.13 bits per heavy atom. The molecule has 24 aromatic rings. The van der Waals surface area contributed by atoms with E-state index in [-0.39, 0.29) is 0 Å². The van der Waals surface area contributed by atoms with Crippen LogP contribution >= 0.6 is 0 Å². The molecule has 0 fully saturated rings. The fourth-order valence-corrected chi connectivity index (χ4v) is 18.3. The molecule has 8 heteroatoms.